The lowest BCUT2D eigenvalue weighted by Crippen LogP contribution is -2.01. The minimum Gasteiger partial charge on any atom is -0.292 e. The first-order valence-corrected chi connectivity index (χ1v) is 4.81. The van der Waals surface area contributed by atoms with Crippen LogP contribution in [0.3, 0.4) is 0 Å². The van der Waals surface area contributed by atoms with Crippen LogP contribution in [0, 0.1) is 6.92 Å². The van der Waals surface area contributed by atoms with E-state index in [1.54, 1.807) is 6.20 Å². The standard InChI is InChI=1S/C12H15NO/c1-3-4-5-6-12(14)11-9-10(2)7-8-13-11/h3,7-9H,1,4-6H2,2H3. The zero-order chi connectivity index (χ0) is 10.4. The van der Waals surface area contributed by atoms with Crippen LogP contribution in [0.5, 0.6) is 0 Å². The van der Waals surface area contributed by atoms with Gasteiger partial charge in [0.2, 0.25) is 0 Å². The number of nitrogens with zero attached hydrogens (tertiary/aromatic N) is 1. The number of carbonyl (C=O) groups excluding carboxylic acids is 1. The number of aromatic nitrogens is 1. The highest BCUT2D eigenvalue weighted by molar-refractivity contribution is 5.94. The fraction of sp³-hybridized carbons (Fsp3) is 0.333. The van der Waals surface area contributed by atoms with Gasteiger partial charge in [-0.25, -0.2) is 0 Å². The number of rotatable bonds is 5. The molecule has 0 aliphatic carbocycles. The molecule has 0 radical (unpaired) electrons. The van der Waals surface area contributed by atoms with Crippen molar-refractivity contribution in [2.24, 2.45) is 0 Å². The molecule has 0 saturated carbocycles. The minimum atomic E-state index is 0.121. The van der Waals surface area contributed by atoms with Gasteiger partial charge in [0.1, 0.15) is 5.69 Å². The molecule has 0 amide bonds. The van der Waals surface area contributed by atoms with Crippen LogP contribution in [0.4, 0.5) is 0 Å². The van der Waals surface area contributed by atoms with Crippen LogP contribution in [0.15, 0.2) is 31.0 Å². The van der Waals surface area contributed by atoms with E-state index in [9.17, 15) is 4.79 Å². The van der Waals surface area contributed by atoms with Gasteiger partial charge in [0, 0.05) is 12.6 Å². The fourth-order valence-corrected chi connectivity index (χ4v) is 1.22. The summed E-state index contributed by atoms with van der Waals surface area (Å²) < 4.78 is 0. The number of Topliss-reactive ketones (excluding diaryl/α,β-unsaturated/α-hetero) is 1. The van der Waals surface area contributed by atoms with Gasteiger partial charge < -0.3 is 0 Å². The van der Waals surface area contributed by atoms with E-state index in [1.165, 1.54) is 0 Å². The van der Waals surface area contributed by atoms with Gasteiger partial charge in [0.15, 0.2) is 5.78 Å². The van der Waals surface area contributed by atoms with Gasteiger partial charge in [-0.2, -0.15) is 0 Å². The third-order valence-electron chi connectivity index (χ3n) is 2.01. The molecule has 14 heavy (non-hydrogen) atoms. The number of unbranched alkanes of at least 4 members (excludes halogenated alkanes) is 1. The molecule has 1 heterocycles. The summed E-state index contributed by atoms with van der Waals surface area (Å²) in [5.41, 5.74) is 1.65. The lowest BCUT2D eigenvalue weighted by molar-refractivity contribution is 0.0975. The molecule has 0 spiro atoms. The van der Waals surface area contributed by atoms with Gasteiger partial charge >= 0.3 is 0 Å². The Morgan fingerprint density at radius 2 is 2.43 bits per heavy atom. The molecule has 0 fully saturated rings. The zero-order valence-electron chi connectivity index (χ0n) is 8.49. The molecule has 74 valence electrons. The van der Waals surface area contributed by atoms with E-state index >= 15 is 0 Å². The average molecular weight is 189 g/mol. The number of ketones is 1. The summed E-state index contributed by atoms with van der Waals surface area (Å²) in [4.78, 5) is 15.6. The first kappa shape index (κ1) is 10.6. The second kappa shape index (κ2) is 5.32. The van der Waals surface area contributed by atoms with Crippen molar-refractivity contribution in [3.63, 3.8) is 0 Å². The summed E-state index contributed by atoms with van der Waals surface area (Å²) in [6.45, 7) is 5.58. The van der Waals surface area contributed by atoms with Gasteiger partial charge in [-0.15, -0.1) is 6.58 Å². The number of allylic oxidation sites excluding steroid dienone is 1. The van der Waals surface area contributed by atoms with E-state index in [1.807, 2.05) is 25.1 Å². The summed E-state index contributed by atoms with van der Waals surface area (Å²) in [5.74, 6) is 0.121. The molecule has 1 aromatic heterocycles. The second-order valence-electron chi connectivity index (χ2n) is 3.32. The monoisotopic (exact) mass is 189 g/mol. The van der Waals surface area contributed by atoms with Crippen molar-refractivity contribution < 1.29 is 4.79 Å². The maximum atomic E-state index is 11.6. The van der Waals surface area contributed by atoms with Crippen molar-refractivity contribution in [3.05, 3.63) is 42.2 Å². The Morgan fingerprint density at radius 1 is 1.64 bits per heavy atom. The SMILES string of the molecule is C=CCCCC(=O)c1cc(C)ccn1. The van der Waals surface area contributed by atoms with E-state index in [4.69, 9.17) is 0 Å². The van der Waals surface area contributed by atoms with E-state index in [0.29, 0.717) is 12.1 Å². The van der Waals surface area contributed by atoms with Crippen LogP contribution in [-0.4, -0.2) is 10.8 Å². The zero-order valence-corrected chi connectivity index (χ0v) is 8.49. The topological polar surface area (TPSA) is 30.0 Å². The first-order valence-electron chi connectivity index (χ1n) is 4.81. The summed E-state index contributed by atoms with van der Waals surface area (Å²) in [5, 5.41) is 0. The minimum absolute atomic E-state index is 0.121. The molecule has 0 unspecified atom stereocenters. The highest BCUT2D eigenvalue weighted by Gasteiger charge is 2.05. The van der Waals surface area contributed by atoms with Gasteiger partial charge in [0.25, 0.3) is 0 Å². The maximum Gasteiger partial charge on any atom is 0.181 e. The van der Waals surface area contributed by atoms with Gasteiger partial charge in [0.05, 0.1) is 0 Å². The normalized spacial score (nSPS) is 9.79. The Morgan fingerprint density at radius 3 is 3.07 bits per heavy atom. The lowest BCUT2D eigenvalue weighted by Gasteiger charge is -1.99. The average Bonchev–Trinajstić information content (AvgIpc) is 2.18. The van der Waals surface area contributed by atoms with E-state index in [-0.39, 0.29) is 5.78 Å². The van der Waals surface area contributed by atoms with E-state index in [2.05, 4.69) is 11.6 Å². The molecule has 2 heteroatoms. The molecule has 1 aromatic rings. The van der Waals surface area contributed by atoms with E-state index in [0.717, 1.165) is 18.4 Å². The number of carbonyl (C=O) groups is 1. The molecule has 0 saturated heterocycles. The molecule has 0 bridgehead atoms. The van der Waals surface area contributed by atoms with E-state index < -0.39 is 0 Å². The number of pyridine rings is 1. The maximum absolute atomic E-state index is 11.6. The lowest BCUT2D eigenvalue weighted by atomic mass is 10.1. The Kier molecular flexibility index (Phi) is 4.05. The van der Waals surface area contributed by atoms with Crippen molar-refractivity contribution in [3.8, 4) is 0 Å². The highest BCUT2D eigenvalue weighted by atomic mass is 16.1. The largest absolute Gasteiger partial charge is 0.292 e. The van der Waals surface area contributed by atoms with Gasteiger partial charge in [-0.05, 0) is 37.5 Å². The molecule has 0 aliphatic rings. The molecule has 2 nitrogen and oxygen atoms in total. The molecular weight excluding hydrogens is 174 g/mol. The van der Waals surface area contributed by atoms with Crippen molar-refractivity contribution in [2.75, 3.05) is 0 Å². The van der Waals surface area contributed by atoms with Crippen LogP contribution in [0.25, 0.3) is 0 Å². The third-order valence-corrected chi connectivity index (χ3v) is 2.01. The summed E-state index contributed by atoms with van der Waals surface area (Å²) >= 11 is 0. The van der Waals surface area contributed by atoms with Gasteiger partial charge in [-0.1, -0.05) is 6.08 Å². The fourth-order valence-electron chi connectivity index (χ4n) is 1.22. The number of hydrogen-bond acceptors (Lipinski definition) is 2. The first-order chi connectivity index (χ1) is 6.74. The van der Waals surface area contributed by atoms with Crippen LogP contribution in [-0.2, 0) is 0 Å². The van der Waals surface area contributed by atoms with Crippen LogP contribution < -0.4 is 0 Å². The Hall–Kier alpha value is -1.44. The molecule has 0 aromatic carbocycles. The Balaban J connectivity index is 2.56. The van der Waals surface area contributed by atoms with Crippen LogP contribution >= 0.6 is 0 Å². The molecule has 0 aliphatic heterocycles. The smallest absolute Gasteiger partial charge is 0.181 e. The highest BCUT2D eigenvalue weighted by Crippen LogP contribution is 2.06. The molecule has 0 atom stereocenters. The third kappa shape index (κ3) is 3.13. The van der Waals surface area contributed by atoms with Crippen molar-refractivity contribution >= 4 is 5.78 Å². The summed E-state index contributed by atoms with van der Waals surface area (Å²) in [6.07, 6.45) is 5.81. The van der Waals surface area contributed by atoms with Gasteiger partial charge in [-0.3, -0.25) is 9.78 Å². The predicted molar refractivity (Wildman–Crippen MR) is 57.4 cm³/mol. The summed E-state index contributed by atoms with van der Waals surface area (Å²) in [7, 11) is 0. The predicted octanol–water partition coefficient (Wildman–Crippen LogP) is 2.93. The van der Waals surface area contributed by atoms with Crippen LogP contribution in [0.2, 0.25) is 0 Å². The number of hydrogen-bond donors (Lipinski definition) is 0. The van der Waals surface area contributed by atoms with Crippen molar-refractivity contribution in [1.82, 2.24) is 4.98 Å². The van der Waals surface area contributed by atoms with Crippen molar-refractivity contribution in [1.29, 1.82) is 0 Å². The second-order valence-corrected chi connectivity index (χ2v) is 3.32. The molecule has 0 N–H and O–H groups in total. The molecule has 1 rings (SSSR count). The Bertz CT molecular complexity index is 331. The number of aryl methyl sites for hydroxylation is 1. The quantitative estimate of drug-likeness (QED) is 0.405. The Labute approximate surface area is 84.7 Å². The molecular formula is C12H15NO. The van der Waals surface area contributed by atoms with Crippen LogP contribution in [0.1, 0.15) is 35.3 Å². The van der Waals surface area contributed by atoms with Crippen molar-refractivity contribution in [2.45, 2.75) is 26.2 Å². The summed E-state index contributed by atoms with van der Waals surface area (Å²) in [6, 6.07) is 3.72.